The van der Waals surface area contributed by atoms with Gasteiger partial charge in [-0.05, 0) is 42.3 Å². The summed E-state index contributed by atoms with van der Waals surface area (Å²) < 4.78 is 42.9. The van der Waals surface area contributed by atoms with E-state index in [1.807, 2.05) is 0 Å². The molecule has 1 heterocycles. The fraction of sp³-hybridized carbons (Fsp3) is 0.235. The molecule has 1 atom stereocenters. The molecule has 0 bridgehead atoms. The molecule has 132 valence electrons. The Labute approximate surface area is 149 Å². The summed E-state index contributed by atoms with van der Waals surface area (Å²) in [6.07, 6.45) is 0.237. The normalized spacial score (nSPS) is 18.2. The summed E-state index contributed by atoms with van der Waals surface area (Å²) in [4.78, 5) is 12.3. The van der Waals surface area contributed by atoms with Crippen LogP contribution in [0.25, 0.3) is 0 Å². The highest BCUT2D eigenvalue weighted by molar-refractivity contribution is 7.91. The van der Waals surface area contributed by atoms with Gasteiger partial charge in [0.2, 0.25) is 0 Å². The summed E-state index contributed by atoms with van der Waals surface area (Å²) in [5.41, 5.74) is 0.456. The second-order valence-corrected chi connectivity index (χ2v) is 8.14. The van der Waals surface area contributed by atoms with Gasteiger partial charge in [0.05, 0.1) is 16.7 Å². The third kappa shape index (κ3) is 3.93. The van der Waals surface area contributed by atoms with Gasteiger partial charge in [-0.2, -0.15) is 0 Å². The molecule has 0 fully saturated rings. The summed E-state index contributed by atoms with van der Waals surface area (Å²) in [5, 5.41) is 3.11. The maximum Gasteiger partial charge on any atom is 0.258 e. The highest BCUT2D eigenvalue weighted by Crippen LogP contribution is 2.33. The highest BCUT2D eigenvalue weighted by Gasteiger charge is 2.31. The van der Waals surface area contributed by atoms with Gasteiger partial charge < -0.3 is 10.1 Å². The number of ether oxygens (including phenoxy) is 1. The number of carbonyl (C=O) groups excluding carboxylic acids is 1. The smallest absolute Gasteiger partial charge is 0.258 e. The second kappa shape index (κ2) is 7.01. The predicted octanol–water partition coefficient (Wildman–Crippen LogP) is 2.89. The molecule has 0 radical (unpaired) electrons. The van der Waals surface area contributed by atoms with Gasteiger partial charge in [0.25, 0.3) is 5.91 Å². The largest absolute Gasteiger partial charge is 0.481 e. The van der Waals surface area contributed by atoms with Crippen LogP contribution in [0.15, 0.2) is 47.4 Å². The molecule has 2 aromatic rings. The van der Waals surface area contributed by atoms with Crippen molar-refractivity contribution in [1.82, 2.24) is 5.32 Å². The van der Waals surface area contributed by atoms with Crippen LogP contribution in [0.2, 0.25) is 5.02 Å². The van der Waals surface area contributed by atoms with Crippen molar-refractivity contribution >= 4 is 27.3 Å². The average molecular weight is 384 g/mol. The number of nitrogens with one attached hydrogen (secondary N) is 1. The van der Waals surface area contributed by atoms with Gasteiger partial charge in [-0.1, -0.05) is 23.7 Å². The number of benzene rings is 2. The number of rotatable bonds is 4. The van der Waals surface area contributed by atoms with Gasteiger partial charge in [-0.15, -0.1) is 0 Å². The maximum atomic E-state index is 13.5. The van der Waals surface area contributed by atoms with Crippen LogP contribution in [0.1, 0.15) is 18.0 Å². The standard InChI is InChI=1S/C17H15ClFNO4S/c18-11-5-6-16-12(9-11)14(7-8-25(16,22)23)20-17(21)10-24-15-4-2-1-3-13(15)19/h1-6,9,14H,7-8,10H2,(H,20,21). The monoisotopic (exact) mass is 383 g/mol. The summed E-state index contributed by atoms with van der Waals surface area (Å²) in [6.45, 7) is -0.375. The zero-order valence-electron chi connectivity index (χ0n) is 13.0. The second-order valence-electron chi connectivity index (χ2n) is 5.63. The van der Waals surface area contributed by atoms with Crippen LogP contribution in [0.5, 0.6) is 5.75 Å². The van der Waals surface area contributed by atoms with E-state index in [-0.39, 0.29) is 29.4 Å². The third-order valence-corrected chi connectivity index (χ3v) is 5.94. The number of halogens is 2. The van der Waals surface area contributed by atoms with Crippen LogP contribution in [-0.4, -0.2) is 26.7 Å². The van der Waals surface area contributed by atoms with Crippen LogP contribution < -0.4 is 10.1 Å². The Kier molecular flexibility index (Phi) is 4.96. The molecule has 3 rings (SSSR count). The van der Waals surface area contributed by atoms with Crippen molar-refractivity contribution in [2.75, 3.05) is 12.4 Å². The lowest BCUT2D eigenvalue weighted by molar-refractivity contribution is -0.123. The van der Waals surface area contributed by atoms with E-state index in [4.69, 9.17) is 16.3 Å². The molecule has 0 saturated heterocycles. The highest BCUT2D eigenvalue weighted by atomic mass is 35.5. The third-order valence-electron chi connectivity index (χ3n) is 3.89. The Morgan fingerprint density at radius 1 is 1.28 bits per heavy atom. The quantitative estimate of drug-likeness (QED) is 0.881. The van der Waals surface area contributed by atoms with E-state index in [2.05, 4.69) is 5.32 Å². The molecular formula is C17H15ClFNO4S. The van der Waals surface area contributed by atoms with Gasteiger partial charge in [0.15, 0.2) is 28.0 Å². The first-order valence-electron chi connectivity index (χ1n) is 7.56. The minimum atomic E-state index is -3.38. The lowest BCUT2D eigenvalue weighted by Gasteiger charge is -2.26. The molecule has 0 saturated carbocycles. The Morgan fingerprint density at radius 2 is 2.04 bits per heavy atom. The van der Waals surface area contributed by atoms with Gasteiger partial charge in [-0.3, -0.25) is 4.79 Å². The Balaban J connectivity index is 1.72. The molecule has 25 heavy (non-hydrogen) atoms. The van der Waals surface area contributed by atoms with E-state index < -0.39 is 27.6 Å². The zero-order chi connectivity index (χ0) is 18.0. The number of hydrogen-bond donors (Lipinski definition) is 1. The summed E-state index contributed by atoms with van der Waals surface area (Å²) in [5.74, 6) is -1.12. The van der Waals surface area contributed by atoms with E-state index in [1.54, 1.807) is 6.07 Å². The number of para-hydroxylation sites is 1. The van der Waals surface area contributed by atoms with Crippen LogP contribution >= 0.6 is 11.6 Å². The molecule has 1 N–H and O–H groups in total. The fourth-order valence-corrected chi connectivity index (χ4v) is 4.49. The SMILES string of the molecule is O=C(COc1ccccc1F)NC1CCS(=O)(=O)c2ccc(Cl)cc21. The molecule has 1 amide bonds. The lowest BCUT2D eigenvalue weighted by atomic mass is 10.0. The van der Waals surface area contributed by atoms with Crippen molar-refractivity contribution in [1.29, 1.82) is 0 Å². The summed E-state index contributed by atoms with van der Waals surface area (Å²) in [7, 11) is -3.38. The van der Waals surface area contributed by atoms with Crippen molar-refractivity contribution in [2.24, 2.45) is 0 Å². The van der Waals surface area contributed by atoms with Crippen molar-refractivity contribution in [3.05, 3.63) is 58.9 Å². The number of amides is 1. The topological polar surface area (TPSA) is 72.5 Å². The van der Waals surface area contributed by atoms with E-state index in [9.17, 15) is 17.6 Å². The molecule has 0 spiro atoms. The Bertz CT molecular complexity index is 917. The molecule has 1 unspecified atom stereocenters. The zero-order valence-corrected chi connectivity index (χ0v) is 14.6. The number of hydrogen-bond acceptors (Lipinski definition) is 4. The number of sulfone groups is 1. The first-order chi connectivity index (χ1) is 11.9. The van der Waals surface area contributed by atoms with E-state index in [0.717, 1.165) is 0 Å². The van der Waals surface area contributed by atoms with Crippen molar-refractivity contribution in [3.63, 3.8) is 0 Å². The van der Waals surface area contributed by atoms with Crippen molar-refractivity contribution < 1.29 is 22.3 Å². The molecule has 8 heteroatoms. The van der Waals surface area contributed by atoms with Crippen LogP contribution in [0.3, 0.4) is 0 Å². The minimum Gasteiger partial charge on any atom is -0.481 e. The Hall–Kier alpha value is -2.12. The minimum absolute atomic E-state index is 0.0210. The molecule has 0 aliphatic carbocycles. The summed E-state index contributed by atoms with van der Waals surface area (Å²) in [6, 6.07) is 9.77. The van der Waals surface area contributed by atoms with Crippen molar-refractivity contribution in [3.8, 4) is 5.75 Å². The maximum absolute atomic E-state index is 13.5. The summed E-state index contributed by atoms with van der Waals surface area (Å²) >= 11 is 5.96. The molecular weight excluding hydrogens is 369 g/mol. The molecule has 1 aliphatic heterocycles. The molecule has 1 aliphatic rings. The number of carbonyl (C=O) groups is 1. The Morgan fingerprint density at radius 3 is 2.80 bits per heavy atom. The molecule has 5 nitrogen and oxygen atoms in total. The van der Waals surface area contributed by atoms with Crippen molar-refractivity contribution in [2.45, 2.75) is 17.4 Å². The van der Waals surface area contributed by atoms with E-state index in [0.29, 0.717) is 10.6 Å². The van der Waals surface area contributed by atoms with Gasteiger partial charge in [0.1, 0.15) is 0 Å². The van der Waals surface area contributed by atoms with Crippen LogP contribution in [0.4, 0.5) is 4.39 Å². The van der Waals surface area contributed by atoms with Crippen LogP contribution in [-0.2, 0) is 14.6 Å². The number of fused-ring (bicyclic) bond motifs is 1. The first-order valence-corrected chi connectivity index (χ1v) is 9.59. The fourth-order valence-electron chi connectivity index (χ4n) is 2.70. The van der Waals surface area contributed by atoms with Gasteiger partial charge in [0, 0.05) is 5.02 Å². The van der Waals surface area contributed by atoms with Gasteiger partial charge in [-0.25, -0.2) is 12.8 Å². The van der Waals surface area contributed by atoms with E-state index in [1.165, 1.54) is 36.4 Å². The lowest BCUT2D eigenvalue weighted by Crippen LogP contribution is -2.36. The first kappa shape index (κ1) is 17.7. The van der Waals surface area contributed by atoms with E-state index >= 15 is 0 Å². The predicted molar refractivity (Wildman–Crippen MR) is 90.9 cm³/mol. The van der Waals surface area contributed by atoms with Gasteiger partial charge >= 0.3 is 0 Å². The average Bonchev–Trinajstić information content (AvgIpc) is 2.56. The molecule has 2 aromatic carbocycles. The molecule has 0 aromatic heterocycles. The van der Waals surface area contributed by atoms with Crippen LogP contribution in [0, 0.1) is 5.82 Å².